The van der Waals surface area contributed by atoms with E-state index in [9.17, 15) is 0 Å². The summed E-state index contributed by atoms with van der Waals surface area (Å²) in [6.45, 7) is 0. The van der Waals surface area contributed by atoms with Crippen molar-refractivity contribution in [2.75, 3.05) is 14.2 Å². The average Bonchev–Trinajstić information content (AvgIpc) is 2.16. The second-order valence-corrected chi connectivity index (χ2v) is 2.48. The van der Waals surface area contributed by atoms with Crippen LogP contribution in [-0.2, 0) is 0 Å². The van der Waals surface area contributed by atoms with E-state index in [1.54, 1.807) is 25.3 Å². The molecule has 4 nitrogen and oxygen atoms in total. The summed E-state index contributed by atoms with van der Waals surface area (Å²) >= 11 is 0. The van der Waals surface area contributed by atoms with Crippen molar-refractivity contribution in [1.29, 1.82) is 5.41 Å². The molecule has 1 aromatic carbocycles. The van der Waals surface area contributed by atoms with E-state index in [2.05, 4.69) is 0 Å². The SMILES string of the molecule is COc1ccc(OC)c(C(=N)N)c1.Cl. The molecule has 5 heteroatoms. The number of amidine groups is 1. The highest BCUT2D eigenvalue weighted by atomic mass is 35.5. The van der Waals surface area contributed by atoms with Gasteiger partial charge in [0.05, 0.1) is 19.8 Å². The Hall–Kier alpha value is -1.42. The minimum atomic E-state index is -0.0317. The number of ether oxygens (including phenoxy) is 2. The average molecular weight is 217 g/mol. The van der Waals surface area contributed by atoms with E-state index in [0.717, 1.165) is 0 Å². The number of nitrogen functional groups attached to an aromatic ring is 1. The van der Waals surface area contributed by atoms with Gasteiger partial charge in [0, 0.05) is 0 Å². The Balaban J connectivity index is 0.00000169. The first-order valence-corrected chi connectivity index (χ1v) is 3.75. The van der Waals surface area contributed by atoms with Gasteiger partial charge >= 0.3 is 0 Å². The molecule has 0 heterocycles. The Morgan fingerprint density at radius 1 is 1.29 bits per heavy atom. The van der Waals surface area contributed by atoms with Crippen molar-refractivity contribution in [3.05, 3.63) is 23.8 Å². The summed E-state index contributed by atoms with van der Waals surface area (Å²) in [6, 6.07) is 5.14. The fraction of sp³-hybridized carbons (Fsp3) is 0.222. The second kappa shape index (κ2) is 5.34. The zero-order valence-electron chi connectivity index (χ0n) is 8.03. The van der Waals surface area contributed by atoms with Crippen molar-refractivity contribution >= 4 is 18.2 Å². The predicted molar refractivity (Wildman–Crippen MR) is 57.8 cm³/mol. The number of hydrogen-bond donors (Lipinski definition) is 2. The van der Waals surface area contributed by atoms with Gasteiger partial charge in [-0.15, -0.1) is 12.4 Å². The molecule has 14 heavy (non-hydrogen) atoms. The van der Waals surface area contributed by atoms with Gasteiger partial charge in [-0.1, -0.05) is 0 Å². The fourth-order valence-corrected chi connectivity index (χ4v) is 1.02. The molecule has 1 rings (SSSR count). The van der Waals surface area contributed by atoms with Gasteiger partial charge in [0.15, 0.2) is 0 Å². The molecule has 0 saturated carbocycles. The van der Waals surface area contributed by atoms with Gasteiger partial charge in [0.25, 0.3) is 0 Å². The Morgan fingerprint density at radius 3 is 2.36 bits per heavy atom. The molecule has 0 amide bonds. The number of nitrogens with one attached hydrogen (secondary N) is 1. The Labute approximate surface area is 88.9 Å². The summed E-state index contributed by atoms with van der Waals surface area (Å²) in [6.07, 6.45) is 0. The van der Waals surface area contributed by atoms with Crippen LogP contribution in [-0.4, -0.2) is 20.1 Å². The van der Waals surface area contributed by atoms with E-state index in [1.807, 2.05) is 0 Å². The molecule has 0 aliphatic carbocycles. The third-order valence-corrected chi connectivity index (χ3v) is 1.70. The van der Waals surface area contributed by atoms with Crippen LogP contribution >= 0.6 is 12.4 Å². The second-order valence-electron chi connectivity index (χ2n) is 2.48. The lowest BCUT2D eigenvalue weighted by molar-refractivity contribution is 0.402. The first kappa shape index (κ1) is 12.6. The molecule has 0 bridgehead atoms. The number of methoxy groups -OCH3 is 2. The van der Waals surface area contributed by atoms with Crippen molar-refractivity contribution in [2.45, 2.75) is 0 Å². The highest BCUT2D eigenvalue weighted by Gasteiger charge is 2.06. The molecule has 0 atom stereocenters. The summed E-state index contributed by atoms with van der Waals surface area (Å²) in [5, 5.41) is 7.29. The summed E-state index contributed by atoms with van der Waals surface area (Å²) in [5.41, 5.74) is 5.90. The van der Waals surface area contributed by atoms with E-state index >= 15 is 0 Å². The van der Waals surface area contributed by atoms with Gasteiger partial charge in [-0.25, -0.2) is 0 Å². The maximum atomic E-state index is 7.29. The smallest absolute Gasteiger partial charge is 0.130 e. The summed E-state index contributed by atoms with van der Waals surface area (Å²) in [5.74, 6) is 1.20. The molecule has 0 aliphatic heterocycles. The number of nitrogens with two attached hydrogens (primary N) is 1. The molecular weight excluding hydrogens is 204 g/mol. The Morgan fingerprint density at radius 2 is 1.93 bits per heavy atom. The van der Waals surface area contributed by atoms with Crippen LogP contribution in [0.5, 0.6) is 11.5 Å². The third-order valence-electron chi connectivity index (χ3n) is 1.70. The summed E-state index contributed by atoms with van der Waals surface area (Å²) < 4.78 is 10.0. The van der Waals surface area contributed by atoms with E-state index in [-0.39, 0.29) is 18.2 Å². The van der Waals surface area contributed by atoms with Gasteiger partial charge in [0.1, 0.15) is 17.3 Å². The topological polar surface area (TPSA) is 68.3 Å². The predicted octanol–water partition coefficient (Wildman–Crippen LogP) is 1.41. The third kappa shape index (κ3) is 2.53. The van der Waals surface area contributed by atoms with Gasteiger partial charge in [-0.2, -0.15) is 0 Å². The van der Waals surface area contributed by atoms with Crippen molar-refractivity contribution in [3.63, 3.8) is 0 Å². The van der Waals surface area contributed by atoms with E-state index in [4.69, 9.17) is 20.6 Å². The lowest BCUT2D eigenvalue weighted by atomic mass is 10.2. The van der Waals surface area contributed by atoms with Crippen molar-refractivity contribution in [3.8, 4) is 11.5 Å². The van der Waals surface area contributed by atoms with Crippen molar-refractivity contribution in [2.24, 2.45) is 5.73 Å². The minimum Gasteiger partial charge on any atom is -0.497 e. The van der Waals surface area contributed by atoms with Crippen LogP contribution in [0.4, 0.5) is 0 Å². The Kier molecular flexibility index (Phi) is 4.80. The first-order chi connectivity index (χ1) is 6.19. The van der Waals surface area contributed by atoms with Crippen molar-refractivity contribution in [1.82, 2.24) is 0 Å². The molecule has 0 radical (unpaired) electrons. The number of rotatable bonds is 3. The molecule has 0 unspecified atom stereocenters. The summed E-state index contributed by atoms with van der Waals surface area (Å²) in [4.78, 5) is 0. The van der Waals surface area contributed by atoms with Gasteiger partial charge < -0.3 is 15.2 Å². The van der Waals surface area contributed by atoms with Gasteiger partial charge in [-0.05, 0) is 18.2 Å². The highest BCUT2D eigenvalue weighted by Crippen LogP contribution is 2.22. The van der Waals surface area contributed by atoms with E-state index in [0.29, 0.717) is 17.1 Å². The van der Waals surface area contributed by atoms with E-state index in [1.165, 1.54) is 7.11 Å². The van der Waals surface area contributed by atoms with Crippen LogP contribution in [0.3, 0.4) is 0 Å². The lowest BCUT2D eigenvalue weighted by Crippen LogP contribution is -2.12. The normalized spacial score (nSPS) is 8.71. The highest BCUT2D eigenvalue weighted by molar-refractivity contribution is 5.98. The fourth-order valence-electron chi connectivity index (χ4n) is 1.02. The Bertz CT molecular complexity index is 329. The monoisotopic (exact) mass is 216 g/mol. The van der Waals surface area contributed by atoms with Crippen LogP contribution in [0, 0.1) is 5.41 Å². The zero-order valence-corrected chi connectivity index (χ0v) is 8.85. The van der Waals surface area contributed by atoms with Crippen LogP contribution in [0.15, 0.2) is 18.2 Å². The van der Waals surface area contributed by atoms with E-state index < -0.39 is 0 Å². The van der Waals surface area contributed by atoms with Crippen LogP contribution in [0.1, 0.15) is 5.56 Å². The maximum Gasteiger partial charge on any atom is 0.130 e. The molecule has 0 spiro atoms. The molecule has 78 valence electrons. The lowest BCUT2D eigenvalue weighted by Gasteiger charge is -2.08. The van der Waals surface area contributed by atoms with Gasteiger partial charge in [-0.3, -0.25) is 5.41 Å². The standard InChI is InChI=1S/C9H12N2O2.ClH/c1-12-6-3-4-8(13-2)7(5-6)9(10)11;/h3-5H,1-2H3,(H3,10,11);1H. The van der Waals surface area contributed by atoms with Gasteiger partial charge in [0.2, 0.25) is 0 Å². The number of benzene rings is 1. The molecule has 1 aromatic rings. The summed E-state index contributed by atoms with van der Waals surface area (Å²) in [7, 11) is 3.10. The quantitative estimate of drug-likeness (QED) is 0.593. The van der Waals surface area contributed by atoms with Crippen LogP contribution in [0.2, 0.25) is 0 Å². The van der Waals surface area contributed by atoms with Crippen LogP contribution in [0.25, 0.3) is 0 Å². The molecule has 0 saturated heterocycles. The number of halogens is 1. The molecule has 0 fully saturated rings. The molecule has 0 aromatic heterocycles. The number of hydrogen-bond acceptors (Lipinski definition) is 3. The molecule has 3 N–H and O–H groups in total. The van der Waals surface area contributed by atoms with Crippen molar-refractivity contribution < 1.29 is 9.47 Å². The molecule has 0 aliphatic rings. The minimum absolute atomic E-state index is 0. The maximum absolute atomic E-state index is 7.29. The molecular formula is C9H13ClN2O2. The first-order valence-electron chi connectivity index (χ1n) is 3.75. The van der Waals surface area contributed by atoms with Crippen LogP contribution < -0.4 is 15.2 Å². The zero-order chi connectivity index (χ0) is 9.84. The largest absolute Gasteiger partial charge is 0.497 e.